The van der Waals surface area contributed by atoms with E-state index in [0.29, 0.717) is 5.56 Å². The fourth-order valence-corrected chi connectivity index (χ4v) is 4.42. The Morgan fingerprint density at radius 2 is 1.65 bits per heavy atom. The summed E-state index contributed by atoms with van der Waals surface area (Å²) in [5.41, 5.74) is 5.12. The van der Waals surface area contributed by atoms with Gasteiger partial charge in [0.1, 0.15) is 10.8 Å². The van der Waals surface area contributed by atoms with Gasteiger partial charge in [-0.3, -0.25) is 4.79 Å². The average molecular weight is 428 g/mol. The van der Waals surface area contributed by atoms with Gasteiger partial charge in [-0.2, -0.15) is 0 Å². The summed E-state index contributed by atoms with van der Waals surface area (Å²) in [7, 11) is 0. The molecule has 0 spiro atoms. The Balaban J connectivity index is 1.72. The first-order valence-electron chi connectivity index (χ1n) is 10.2. The predicted molar refractivity (Wildman–Crippen MR) is 129 cm³/mol. The number of thiophene rings is 1. The summed E-state index contributed by atoms with van der Waals surface area (Å²) >= 11 is 1.58. The van der Waals surface area contributed by atoms with Crippen LogP contribution < -0.4 is 10.6 Å². The normalized spacial score (nSPS) is 11.7. The van der Waals surface area contributed by atoms with E-state index >= 15 is 0 Å². The van der Waals surface area contributed by atoms with Crippen molar-refractivity contribution in [2.45, 2.75) is 26.8 Å². The number of carbonyl (C=O) groups excluding carboxylic acids is 1. The molecule has 1 amide bonds. The summed E-state index contributed by atoms with van der Waals surface area (Å²) < 4.78 is 0. The minimum atomic E-state index is -0.147. The minimum Gasteiger partial charge on any atom is -0.359 e. The zero-order valence-electron chi connectivity index (χ0n) is 17.8. The zero-order valence-corrected chi connectivity index (χ0v) is 18.7. The van der Waals surface area contributed by atoms with Crippen molar-refractivity contribution in [1.29, 1.82) is 0 Å². The third-order valence-corrected chi connectivity index (χ3v) is 6.06. The first-order valence-corrected chi connectivity index (χ1v) is 11.0. The van der Waals surface area contributed by atoms with Crippen LogP contribution in [0.2, 0.25) is 0 Å². The molecule has 4 rings (SSSR count). The van der Waals surface area contributed by atoms with Gasteiger partial charge in [0, 0.05) is 22.2 Å². The van der Waals surface area contributed by atoms with Crippen LogP contribution in [0.4, 0.5) is 10.8 Å². The van der Waals surface area contributed by atoms with Crippen molar-refractivity contribution in [3.05, 3.63) is 112 Å². The van der Waals surface area contributed by atoms with Crippen LogP contribution in [0.25, 0.3) is 0 Å². The molecule has 2 aromatic carbocycles. The quantitative estimate of drug-likeness (QED) is 0.368. The molecule has 31 heavy (non-hydrogen) atoms. The Morgan fingerprint density at radius 3 is 2.35 bits per heavy atom. The fraction of sp³-hybridized carbons (Fsp3) is 0.154. The van der Waals surface area contributed by atoms with Crippen molar-refractivity contribution in [2.24, 2.45) is 0 Å². The number of amides is 1. The van der Waals surface area contributed by atoms with Crippen LogP contribution >= 0.6 is 11.3 Å². The van der Waals surface area contributed by atoms with E-state index in [1.54, 1.807) is 17.5 Å². The largest absolute Gasteiger partial charge is 0.359 e. The number of anilines is 2. The number of hydrogen-bond acceptors (Lipinski definition) is 4. The molecule has 1 atom stereocenters. The molecule has 156 valence electrons. The molecule has 0 bridgehead atoms. The van der Waals surface area contributed by atoms with Gasteiger partial charge < -0.3 is 10.6 Å². The van der Waals surface area contributed by atoms with Crippen LogP contribution in [0.5, 0.6) is 0 Å². The van der Waals surface area contributed by atoms with Gasteiger partial charge in [0.25, 0.3) is 5.91 Å². The third-order valence-electron chi connectivity index (χ3n) is 5.08. The van der Waals surface area contributed by atoms with Crippen molar-refractivity contribution >= 4 is 28.1 Å². The highest BCUT2D eigenvalue weighted by atomic mass is 32.1. The van der Waals surface area contributed by atoms with Gasteiger partial charge in [-0.1, -0.05) is 48.0 Å². The molecule has 0 aliphatic heterocycles. The molecular weight excluding hydrogens is 402 g/mol. The molecule has 0 saturated heterocycles. The second-order valence-corrected chi connectivity index (χ2v) is 8.92. The SMILES string of the molecule is Cc1ccc(C(Nc2cc(C)ccn2)c2cc(C)sc2NC(=O)c2ccccc2)cc1. The minimum absolute atomic E-state index is 0.111. The highest BCUT2D eigenvalue weighted by Gasteiger charge is 2.22. The van der Waals surface area contributed by atoms with Gasteiger partial charge in [-0.05, 0) is 62.2 Å². The van der Waals surface area contributed by atoms with Gasteiger partial charge in [-0.15, -0.1) is 11.3 Å². The zero-order chi connectivity index (χ0) is 21.8. The molecule has 4 nitrogen and oxygen atoms in total. The van der Waals surface area contributed by atoms with Gasteiger partial charge in [0.15, 0.2) is 0 Å². The van der Waals surface area contributed by atoms with E-state index < -0.39 is 0 Å². The van der Waals surface area contributed by atoms with E-state index in [1.165, 1.54) is 5.56 Å². The van der Waals surface area contributed by atoms with E-state index in [1.807, 2.05) is 49.4 Å². The molecular formula is C26H25N3OS. The summed E-state index contributed by atoms with van der Waals surface area (Å²) in [4.78, 5) is 18.5. The Hall–Kier alpha value is -3.44. The number of carbonyl (C=O) groups is 1. The second kappa shape index (κ2) is 9.14. The Kier molecular flexibility index (Phi) is 6.14. The number of aryl methyl sites for hydroxylation is 3. The van der Waals surface area contributed by atoms with Crippen molar-refractivity contribution in [3.8, 4) is 0 Å². The number of nitrogens with zero attached hydrogens (tertiary/aromatic N) is 1. The summed E-state index contributed by atoms with van der Waals surface area (Å²) in [5.74, 6) is 0.690. The van der Waals surface area contributed by atoms with E-state index in [0.717, 1.165) is 32.4 Å². The summed E-state index contributed by atoms with van der Waals surface area (Å²) in [6, 6.07) is 23.7. The van der Waals surface area contributed by atoms with Crippen molar-refractivity contribution in [3.63, 3.8) is 0 Å². The smallest absolute Gasteiger partial charge is 0.256 e. The van der Waals surface area contributed by atoms with Crippen LogP contribution in [0, 0.1) is 20.8 Å². The topological polar surface area (TPSA) is 54.0 Å². The average Bonchev–Trinajstić information content (AvgIpc) is 3.13. The second-order valence-electron chi connectivity index (χ2n) is 7.67. The highest BCUT2D eigenvalue weighted by Crippen LogP contribution is 2.37. The lowest BCUT2D eigenvalue weighted by Gasteiger charge is -2.21. The van der Waals surface area contributed by atoms with Gasteiger partial charge >= 0.3 is 0 Å². The molecule has 2 aromatic heterocycles. The van der Waals surface area contributed by atoms with Gasteiger partial charge in [0.05, 0.1) is 6.04 Å². The number of benzene rings is 2. The van der Waals surface area contributed by atoms with Crippen LogP contribution in [-0.2, 0) is 0 Å². The molecule has 0 fully saturated rings. The van der Waals surface area contributed by atoms with E-state index in [-0.39, 0.29) is 11.9 Å². The molecule has 0 saturated carbocycles. The first kappa shape index (κ1) is 20.8. The molecule has 0 aliphatic carbocycles. The predicted octanol–water partition coefficient (Wildman–Crippen LogP) is 6.52. The summed E-state index contributed by atoms with van der Waals surface area (Å²) in [5, 5.41) is 7.55. The Bertz CT molecular complexity index is 1180. The van der Waals surface area contributed by atoms with Crippen LogP contribution in [0.3, 0.4) is 0 Å². The molecule has 4 aromatic rings. The maximum atomic E-state index is 12.8. The van der Waals surface area contributed by atoms with E-state index in [9.17, 15) is 4.79 Å². The fourth-order valence-electron chi connectivity index (χ4n) is 3.47. The number of rotatable bonds is 6. The molecule has 0 aliphatic rings. The molecule has 2 N–H and O–H groups in total. The van der Waals surface area contributed by atoms with Crippen LogP contribution in [0.15, 0.2) is 79.0 Å². The molecule has 1 unspecified atom stereocenters. The van der Waals surface area contributed by atoms with E-state index in [4.69, 9.17) is 0 Å². The Morgan fingerprint density at radius 1 is 0.903 bits per heavy atom. The third kappa shape index (κ3) is 5.01. The maximum absolute atomic E-state index is 12.8. The van der Waals surface area contributed by atoms with Gasteiger partial charge in [0.2, 0.25) is 0 Å². The first-order chi connectivity index (χ1) is 15.0. The lowest BCUT2D eigenvalue weighted by atomic mass is 9.98. The molecule has 2 heterocycles. The highest BCUT2D eigenvalue weighted by molar-refractivity contribution is 7.16. The van der Waals surface area contributed by atoms with Crippen molar-refractivity contribution in [2.75, 3.05) is 10.6 Å². The monoisotopic (exact) mass is 427 g/mol. The lowest BCUT2D eigenvalue weighted by Crippen LogP contribution is -2.17. The van der Waals surface area contributed by atoms with E-state index in [2.05, 4.69) is 59.8 Å². The number of nitrogens with one attached hydrogen (secondary N) is 2. The van der Waals surface area contributed by atoms with Crippen LogP contribution in [-0.4, -0.2) is 10.9 Å². The Labute approximate surface area is 187 Å². The van der Waals surface area contributed by atoms with Crippen LogP contribution in [0.1, 0.15) is 43.5 Å². The summed E-state index contributed by atoms with van der Waals surface area (Å²) in [6.45, 7) is 6.19. The van der Waals surface area contributed by atoms with Gasteiger partial charge in [-0.25, -0.2) is 4.98 Å². The number of hydrogen-bond donors (Lipinski definition) is 2. The summed E-state index contributed by atoms with van der Waals surface area (Å²) in [6.07, 6.45) is 1.81. The lowest BCUT2D eigenvalue weighted by molar-refractivity contribution is 0.102. The maximum Gasteiger partial charge on any atom is 0.256 e. The number of aromatic nitrogens is 1. The molecule has 0 radical (unpaired) electrons. The number of pyridine rings is 1. The van der Waals surface area contributed by atoms with Crippen molar-refractivity contribution < 1.29 is 4.79 Å². The standard InChI is InChI=1S/C26H25N3OS/c1-17-9-11-20(12-10-17)24(28-23-15-18(2)13-14-27-23)22-16-19(3)31-26(22)29-25(30)21-7-5-4-6-8-21/h4-16,24H,1-3H3,(H,27,28)(H,29,30). The van der Waals surface area contributed by atoms with Crippen molar-refractivity contribution in [1.82, 2.24) is 4.98 Å². The molecule has 5 heteroatoms.